The molecule has 3 rings (SSSR count). The minimum Gasteiger partial charge on any atom is -0.508 e. The second-order valence-corrected chi connectivity index (χ2v) is 4.92. The van der Waals surface area contributed by atoms with Gasteiger partial charge in [-0.1, -0.05) is 12.1 Å². The lowest BCUT2D eigenvalue weighted by Gasteiger charge is -2.07. The van der Waals surface area contributed by atoms with E-state index < -0.39 is 5.82 Å². The first-order valence-electron chi connectivity index (χ1n) is 6.12. The third kappa shape index (κ3) is 2.68. The fraction of sp³-hybridized carbons (Fsp3) is 0.0714. The molecule has 0 aliphatic rings. The summed E-state index contributed by atoms with van der Waals surface area (Å²) in [5.41, 5.74) is 1.89. The fourth-order valence-electron chi connectivity index (χ4n) is 1.94. The van der Waals surface area contributed by atoms with Crippen LogP contribution in [0.1, 0.15) is 15.9 Å². The van der Waals surface area contributed by atoms with Gasteiger partial charge in [0, 0.05) is 18.2 Å². The molecule has 2 N–H and O–H groups in total. The Hall–Kier alpha value is -2.54. The van der Waals surface area contributed by atoms with E-state index in [1.165, 1.54) is 12.1 Å². The van der Waals surface area contributed by atoms with Crippen molar-refractivity contribution in [2.24, 2.45) is 0 Å². The smallest absolute Gasteiger partial charge is 0.253 e. The van der Waals surface area contributed by atoms with Crippen molar-refractivity contribution in [1.29, 1.82) is 0 Å². The number of carbonyl (C=O) groups is 1. The number of hydrogen-bond donors (Lipinski definition) is 2. The third-order valence-electron chi connectivity index (χ3n) is 3.01. The lowest BCUT2D eigenvalue weighted by Crippen LogP contribution is -2.23. The van der Waals surface area contributed by atoms with Crippen LogP contribution in [0.2, 0.25) is 0 Å². The molecular weight excluding hydrogens is 293 g/mol. The maximum absolute atomic E-state index is 13.6. The molecule has 0 spiro atoms. The molecule has 0 aliphatic heterocycles. The molecule has 0 saturated heterocycles. The molecule has 5 nitrogen and oxygen atoms in total. The monoisotopic (exact) mass is 303 g/mol. The van der Waals surface area contributed by atoms with E-state index in [4.69, 9.17) is 5.11 Å². The first kappa shape index (κ1) is 13.4. The number of aromatic hydroxyl groups is 1. The number of halogens is 1. The van der Waals surface area contributed by atoms with Gasteiger partial charge >= 0.3 is 0 Å². The number of fused-ring (bicyclic) bond motifs is 1. The van der Waals surface area contributed by atoms with Crippen molar-refractivity contribution in [2.75, 3.05) is 0 Å². The average Bonchev–Trinajstić information content (AvgIpc) is 2.94. The van der Waals surface area contributed by atoms with Crippen molar-refractivity contribution in [1.82, 2.24) is 14.1 Å². The van der Waals surface area contributed by atoms with Crippen LogP contribution in [-0.2, 0) is 6.54 Å². The topological polar surface area (TPSA) is 75.1 Å². The summed E-state index contributed by atoms with van der Waals surface area (Å²) in [6, 6.07) is 8.94. The van der Waals surface area contributed by atoms with Gasteiger partial charge in [0.2, 0.25) is 0 Å². The number of phenolic OH excluding ortho intramolecular Hbond substituents is 1. The molecule has 0 bridgehead atoms. The fourth-order valence-corrected chi connectivity index (χ4v) is 2.49. The van der Waals surface area contributed by atoms with Crippen molar-refractivity contribution in [3.8, 4) is 5.75 Å². The molecule has 7 heteroatoms. The highest BCUT2D eigenvalue weighted by molar-refractivity contribution is 7.00. The highest BCUT2D eigenvalue weighted by atomic mass is 32.1. The van der Waals surface area contributed by atoms with E-state index in [0.29, 0.717) is 22.2 Å². The van der Waals surface area contributed by atoms with E-state index in [1.807, 2.05) is 0 Å². The molecule has 3 aromatic rings. The number of carbonyl (C=O) groups excluding carboxylic acids is 1. The van der Waals surface area contributed by atoms with Crippen LogP contribution in [0.5, 0.6) is 5.75 Å². The van der Waals surface area contributed by atoms with Gasteiger partial charge in [0.25, 0.3) is 5.91 Å². The maximum Gasteiger partial charge on any atom is 0.253 e. The number of hydrogen-bond acceptors (Lipinski definition) is 5. The van der Waals surface area contributed by atoms with E-state index in [9.17, 15) is 9.18 Å². The number of nitrogens with one attached hydrogen (secondary N) is 1. The first-order valence-corrected chi connectivity index (χ1v) is 6.85. The lowest BCUT2D eigenvalue weighted by molar-refractivity contribution is 0.0952. The minimum absolute atomic E-state index is 0.0267. The van der Waals surface area contributed by atoms with Crippen LogP contribution in [-0.4, -0.2) is 19.8 Å². The molecule has 0 unspecified atom stereocenters. The van der Waals surface area contributed by atoms with Crippen LogP contribution in [0, 0.1) is 5.82 Å². The van der Waals surface area contributed by atoms with Crippen molar-refractivity contribution >= 4 is 28.7 Å². The highest BCUT2D eigenvalue weighted by Gasteiger charge is 2.13. The molecule has 106 valence electrons. The molecule has 0 radical (unpaired) electrons. The number of amides is 1. The lowest BCUT2D eigenvalue weighted by atomic mass is 10.1. The number of rotatable bonds is 3. The molecule has 0 fully saturated rings. The van der Waals surface area contributed by atoms with Gasteiger partial charge in [-0.05, 0) is 18.2 Å². The quantitative estimate of drug-likeness (QED) is 0.779. The Morgan fingerprint density at radius 2 is 2.14 bits per heavy atom. The standard InChI is InChI=1S/C14H10FN3O2S/c15-11-6-9(19)5-4-8(11)7-16-14(20)10-2-1-3-12-13(10)18-21-17-12/h1-6,19H,7H2,(H,16,20). The predicted octanol–water partition coefficient (Wildman–Crippen LogP) is 2.47. The summed E-state index contributed by atoms with van der Waals surface area (Å²) in [6.07, 6.45) is 0. The summed E-state index contributed by atoms with van der Waals surface area (Å²) < 4.78 is 21.7. The summed E-state index contributed by atoms with van der Waals surface area (Å²) in [7, 11) is 0. The van der Waals surface area contributed by atoms with Gasteiger partial charge in [0.05, 0.1) is 17.3 Å². The van der Waals surface area contributed by atoms with Crippen molar-refractivity contribution in [3.63, 3.8) is 0 Å². The molecule has 1 heterocycles. The SMILES string of the molecule is O=C(NCc1ccc(O)cc1F)c1cccc2nsnc12. The molecule has 0 aliphatic carbocycles. The van der Waals surface area contributed by atoms with Crippen LogP contribution in [0.4, 0.5) is 4.39 Å². The highest BCUT2D eigenvalue weighted by Crippen LogP contribution is 2.17. The van der Waals surface area contributed by atoms with Crippen molar-refractivity contribution in [3.05, 3.63) is 53.3 Å². The third-order valence-corrected chi connectivity index (χ3v) is 3.55. The average molecular weight is 303 g/mol. The second kappa shape index (κ2) is 5.45. The van der Waals surface area contributed by atoms with Gasteiger partial charge in [-0.15, -0.1) is 0 Å². The number of aromatic nitrogens is 2. The molecule has 0 saturated carbocycles. The van der Waals surface area contributed by atoms with E-state index in [0.717, 1.165) is 17.8 Å². The van der Waals surface area contributed by atoms with Gasteiger partial charge in [-0.25, -0.2) is 4.39 Å². The largest absolute Gasteiger partial charge is 0.508 e. The van der Waals surface area contributed by atoms with Crippen LogP contribution < -0.4 is 5.32 Å². The molecule has 0 atom stereocenters. The zero-order valence-electron chi connectivity index (χ0n) is 10.7. The Morgan fingerprint density at radius 1 is 1.29 bits per heavy atom. The molecular formula is C14H10FN3O2S. The summed E-state index contributed by atoms with van der Waals surface area (Å²) in [4.78, 5) is 12.2. The normalized spacial score (nSPS) is 10.7. The zero-order chi connectivity index (χ0) is 14.8. The summed E-state index contributed by atoms with van der Waals surface area (Å²) in [5, 5.41) is 11.8. The Kier molecular flexibility index (Phi) is 3.49. The number of nitrogens with zero attached hydrogens (tertiary/aromatic N) is 2. The summed E-state index contributed by atoms with van der Waals surface area (Å²) in [6.45, 7) is 0.0267. The van der Waals surface area contributed by atoms with Crippen LogP contribution in [0.15, 0.2) is 36.4 Å². The first-order chi connectivity index (χ1) is 10.1. The Labute approximate surface area is 123 Å². The van der Waals surface area contributed by atoms with Gasteiger partial charge in [-0.2, -0.15) is 8.75 Å². The number of benzene rings is 2. The van der Waals surface area contributed by atoms with Gasteiger partial charge in [0.1, 0.15) is 22.6 Å². The van der Waals surface area contributed by atoms with Crippen LogP contribution in [0.3, 0.4) is 0 Å². The van der Waals surface area contributed by atoms with Gasteiger partial charge < -0.3 is 10.4 Å². The zero-order valence-corrected chi connectivity index (χ0v) is 11.5. The minimum atomic E-state index is -0.566. The van der Waals surface area contributed by atoms with Crippen molar-refractivity contribution < 1.29 is 14.3 Å². The van der Waals surface area contributed by atoms with Gasteiger partial charge in [-0.3, -0.25) is 4.79 Å². The molecule has 21 heavy (non-hydrogen) atoms. The van der Waals surface area contributed by atoms with E-state index >= 15 is 0 Å². The predicted molar refractivity (Wildman–Crippen MR) is 76.7 cm³/mol. The maximum atomic E-state index is 13.6. The number of phenols is 1. The van der Waals surface area contributed by atoms with E-state index in [1.54, 1.807) is 18.2 Å². The Bertz CT molecular complexity index is 819. The summed E-state index contributed by atoms with van der Waals surface area (Å²) in [5.74, 6) is -1.06. The second-order valence-electron chi connectivity index (χ2n) is 4.40. The molecule has 1 amide bonds. The van der Waals surface area contributed by atoms with Crippen molar-refractivity contribution in [2.45, 2.75) is 6.54 Å². The Morgan fingerprint density at radius 3 is 2.95 bits per heavy atom. The molecule has 2 aromatic carbocycles. The Balaban J connectivity index is 1.79. The van der Waals surface area contributed by atoms with Crippen LogP contribution in [0.25, 0.3) is 11.0 Å². The molecule has 1 aromatic heterocycles. The summed E-state index contributed by atoms with van der Waals surface area (Å²) >= 11 is 1.04. The van der Waals surface area contributed by atoms with Crippen LogP contribution >= 0.6 is 11.7 Å². The van der Waals surface area contributed by atoms with E-state index in [2.05, 4.69) is 14.1 Å². The van der Waals surface area contributed by atoms with Gasteiger partial charge in [0.15, 0.2) is 0 Å². The van der Waals surface area contributed by atoms with E-state index in [-0.39, 0.29) is 18.2 Å².